The van der Waals surface area contributed by atoms with Crippen molar-refractivity contribution >= 4 is 60.5 Å². The number of primary amides is 1. The number of aromatic carboxylic acids is 1. The summed E-state index contributed by atoms with van der Waals surface area (Å²) in [5.41, 5.74) is 9.06. The minimum absolute atomic E-state index is 0.0329. The van der Waals surface area contributed by atoms with Crippen LogP contribution in [0.2, 0.25) is 0 Å². The van der Waals surface area contributed by atoms with Crippen LogP contribution < -0.4 is 10.5 Å². The molecule has 0 fully saturated rings. The van der Waals surface area contributed by atoms with Gasteiger partial charge >= 0.3 is 5.97 Å². The van der Waals surface area contributed by atoms with E-state index >= 15 is 0 Å². The van der Waals surface area contributed by atoms with Crippen molar-refractivity contribution in [3.05, 3.63) is 100 Å². The molecule has 37 heavy (non-hydrogen) atoms. The van der Waals surface area contributed by atoms with Crippen LogP contribution in [-0.4, -0.2) is 30.4 Å². The van der Waals surface area contributed by atoms with Gasteiger partial charge in [0, 0.05) is 11.1 Å². The number of nitrogens with zero attached hydrogens (tertiary/aromatic N) is 1. The molecule has 2 heterocycles. The third-order valence-corrected chi connectivity index (χ3v) is 8.47. The molecule has 0 radical (unpaired) electrons. The number of carbonyl (C=O) groups excluding carboxylic acids is 1. The number of aryl methyl sites for hydroxylation is 1. The molecule has 2 aromatic heterocycles. The summed E-state index contributed by atoms with van der Waals surface area (Å²) in [7, 11) is -3.75. The lowest BCUT2D eigenvalue weighted by molar-refractivity contribution is 0.0703. The number of sulfonamides is 1. The lowest BCUT2D eigenvalue weighted by Crippen LogP contribution is -2.14. The van der Waals surface area contributed by atoms with Crippen LogP contribution in [0.4, 0.5) is 5.69 Å². The average molecular weight is 552 g/mol. The van der Waals surface area contributed by atoms with E-state index in [9.17, 15) is 18.0 Å². The summed E-state index contributed by atoms with van der Waals surface area (Å²) < 4.78 is 27.4. The molecule has 0 saturated heterocycles. The third-order valence-electron chi connectivity index (χ3n) is 5.12. The molecule has 3 aromatic carbocycles. The Kier molecular flexibility index (Phi) is 7.67. The molecule has 0 aliphatic carbocycles. The average Bonchev–Trinajstić information content (AvgIpc) is 3.51. The Hall–Kier alpha value is -4.06. The van der Waals surface area contributed by atoms with Gasteiger partial charge in [0.2, 0.25) is 5.91 Å². The molecule has 5 aromatic rings. The Morgan fingerprint density at radius 2 is 1.68 bits per heavy atom. The van der Waals surface area contributed by atoms with E-state index in [-0.39, 0.29) is 15.5 Å². The van der Waals surface area contributed by atoms with Crippen LogP contribution in [0.3, 0.4) is 0 Å². The standard InChI is InChI=1S/C15H12N2OS.C11H9NO4S2/c1-9-2-7-12-13(8-9)19-15(17-12)11-5-3-10(4-6-11)14(16)18;13-11(14)10-9(6-7-17-10)12-18(15,16)8-4-2-1-3-5-8/h2-8H,1H3,(H2,16,18);1-7,12H,(H,13,14). The third kappa shape index (κ3) is 6.20. The van der Waals surface area contributed by atoms with Crippen molar-refractivity contribution in [2.45, 2.75) is 11.8 Å². The van der Waals surface area contributed by atoms with Gasteiger partial charge in [-0.05, 0) is 60.3 Å². The summed E-state index contributed by atoms with van der Waals surface area (Å²) >= 11 is 2.62. The van der Waals surface area contributed by atoms with E-state index in [4.69, 9.17) is 10.8 Å². The molecule has 4 N–H and O–H groups in total. The number of hydrogen-bond acceptors (Lipinski definition) is 7. The largest absolute Gasteiger partial charge is 0.477 e. The van der Waals surface area contributed by atoms with Gasteiger partial charge in [-0.1, -0.05) is 36.4 Å². The zero-order valence-electron chi connectivity index (χ0n) is 19.4. The maximum atomic E-state index is 12.0. The summed E-state index contributed by atoms with van der Waals surface area (Å²) in [4.78, 5) is 26.6. The van der Waals surface area contributed by atoms with Gasteiger partial charge in [-0.15, -0.1) is 22.7 Å². The number of fused-ring (bicyclic) bond motifs is 1. The van der Waals surface area contributed by atoms with Crippen LogP contribution in [0.5, 0.6) is 0 Å². The number of thiazole rings is 1. The van der Waals surface area contributed by atoms with E-state index in [0.717, 1.165) is 27.4 Å². The van der Waals surface area contributed by atoms with Crippen LogP contribution in [0.15, 0.2) is 89.1 Å². The fourth-order valence-corrected chi connectivity index (χ4v) is 6.20. The SMILES string of the molecule is Cc1ccc2nc(-c3ccc(C(N)=O)cc3)sc2c1.O=C(O)c1sccc1NS(=O)(=O)c1ccccc1. The zero-order valence-corrected chi connectivity index (χ0v) is 21.9. The molecule has 8 nitrogen and oxygen atoms in total. The highest BCUT2D eigenvalue weighted by Gasteiger charge is 2.19. The van der Waals surface area contributed by atoms with E-state index in [0.29, 0.717) is 5.56 Å². The van der Waals surface area contributed by atoms with Crippen molar-refractivity contribution in [1.82, 2.24) is 4.98 Å². The minimum atomic E-state index is -3.75. The molecule has 5 rings (SSSR count). The maximum absolute atomic E-state index is 12.0. The topological polar surface area (TPSA) is 139 Å². The number of carboxylic acids is 1. The molecule has 0 spiro atoms. The van der Waals surface area contributed by atoms with Crippen molar-refractivity contribution in [2.24, 2.45) is 5.73 Å². The number of anilines is 1. The van der Waals surface area contributed by atoms with Gasteiger partial charge in [0.15, 0.2) is 0 Å². The number of benzene rings is 3. The summed E-state index contributed by atoms with van der Waals surface area (Å²) in [6, 6.07) is 22.6. The Balaban J connectivity index is 0.000000173. The van der Waals surface area contributed by atoms with Crippen LogP contribution >= 0.6 is 22.7 Å². The van der Waals surface area contributed by atoms with E-state index in [1.54, 1.807) is 41.7 Å². The molecule has 0 aliphatic rings. The number of nitrogens with one attached hydrogen (secondary N) is 1. The number of amides is 1. The normalized spacial score (nSPS) is 10.9. The first-order valence-corrected chi connectivity index (χ1v) is 14.0. The lowest BCUT2D eigenvalue weighted by Gasteiger charge is -2.07. The van der Waals surface area contributed by atoms with E-state index in [2.05, 4.69) is 28.8 Å². The van der Waals surface area contributed by atoms with Gasteiger partial charge in [-0.2, -0.15) is 0 Å². The van der Waals surface area contributed by atoms with Gasteiger partial charge < -0.3 is 10.8 Å². The van der Waals surface area contributed by atoms with Crippen molar-refractivity contribution in [2.75, 3.05) is 4.72 Å². The summed E-state index contributed by atoms with van der Waals surface area (Å²) in [5, 5.41) is 11.4. The highest BCUT2D eigenvalue weighted by atomic mass is 32.2. The quantitative estimate of drug-likeness (QED) is 0.250. The Bertz CT molecular complexity index is 1680. The van der Waals surface area contributed by atoms with Crippen LogP contribution in [-0.2, 0) is 10.0 Å². The fraction of sp³-hybridized carbons (Fsp3) is 0.0385. The molecular weight excluding hydrogens is 531 g/mol. The van der Waals surface area contributed by atoms with Crippen molar-refractivity contribution in [3.8, 4) is 10.6 Å². The predicted molar refractivity (Wildman–Crippen MR) is 147 cm³/mol. The molecule has 11 heteroatoms. The van der Waals surface area contributed by atoms with Gasteiger partial charge in [0.05, 0.1) is 20.8 Å². The number of carboxylic acid groups (broad SMARTS) is 1. The number of rotatable bonds is 6. The number of carbonyl (C=O) groups is 2. The first-order chi connectivity index (χ1) is 17.6. The number of aromatic nitrogens is 1. The smallest absolute Gasteiger partial charge is 0.348 e. The van der Waals surface area contributed by atoms with Crippen molar-refractivity contribution in [1.29, 1.82) is 0 Å². The maximum Gasteiger partial charge on any atom is 0.348 e. The number of hydrogen-bond donors (Lipinski definition) is 3. The van der Waals surface area contributed by atoms with E-state index in [1.165, 1.54) is 33.8 Å². The molecule has 1 amide bonds. The Labute approximate surface area is 221 Å². The number of thiophene rings is 1. The Morgan fingerprint density at radius 3 is 2.32 bits per heavy atom. The van der Waals surface area contributed by atoms with Gasteiger partial charge in [-0.25, -0.2) is 18.2 Å². The summed E-state index contributed by atoms with van der Waals surface area (Å²) in [5.74, 6) is -1.57. The molecular formula is C26H21N3O5S3. The van der Waals surface area contributed by atoms with E-state index in [1.807, 2.05) is 18.2 Å². The molecule has 0 saturated carbocycles. The fourth-order valence-electron chi connectivity index (χ4n) is 3.29. The second kappa shape index (κ2) is 10.9. The molecule has 0 unspecified atom stereocenters. The second-order valence-corrected chi connectivity index (χ2v) is 11.4. The highest BCUT2D eigenvalue weighted by Crippen LogP contribution is 2.30. The van der Waals surface area contributed by atoms with Gasteiger partial charge in [0.25, 0.3) is 10.0 Å². The van der Waals surface area contributed by atoms with Crippen LogP contribution in [0, 0.1) is 6.92 Å². The molecule has 0 atom stereocenters. The first-order valence-electron chi connectivity index (χ1n) is 10.8. The van der Waals surface area contributed by atoms with Gasteiger partial charge in [-0.3, -0.25) is 9.52 Å². The van der Waals surface area contributed by atoms with E-state index < -0.39 is 21.9 Å². The van der Waals surface area contributed by atoms with Gasteiger partial charge in [0.1, 0.15) is 9.88 Å². The first kappa shape index (κ1) is 26.0. The summed E-state index contributed by atoms with van der Waals surface area (Å²) in [6.07, 6.45) is 0. The molecule has 188 valence electrons. The predicted octanol–water partition coefficient (Wildman–Crippen LogP) is 5.62. The Morgan fingerprint density at radius 1 is 0.973 bits per heavy atom. The lowest BCUT2D eigenvalue weighted by atomic mass is 10.1. The van der Waals surface area contributed by atoms with Crippen molar-refractivity contribution < 1.29 is 23.1 Å². The van der Waals surface area contributed by atoms with Crippen molar-refractivity contribution in [3.63, 3.8) is 0 Å². The highest BCUT2D eigenvalue weighted by molar-refractivity contribution is 7.92. The second-order valence-electron chi connectivity index (χ2n) is 7.82. The molecule has 0 bridgehead atoms. The zero-order chi connectivity index (χ0) is 26.6. The molecule has 0 aliphatic heterocycles. The summed E-state index contributed by atoms with van der Waals surface area (Å²) in [6.45, 7) is 2.07. The van der Waals surface area contributed by atoms with Crippen LogP contribution in [0.1, 0.15) is 25.6 Å². The minimum Gasteiger partial charge on any atom is -0.477 e. The number of nitrogens with two attached hydrogens (primary N) is 1. The monoisotopic (exact) mass is 551 g/mol. The van der Waals surface area contributed by atoms with Crippen LogP contribution in [0.25, 0.3) is 20.8 Å².